The molecule has 1 N–H and O–H groups in total. The average molecular weight is 507 g/mol. The first kappa shape index (κ1) is 32.5. The van der Waals surface area contributed by atoms with Crippen molar-refractivity contribution in [3.05, 3.63) is 49.2 Å². The van der Waals surface area contributed by atoms with Crippen LogP contribution in [0, 0.1) is 0 Å². The fourth-order valence-corrected chi connectivity index (χ4v) is 3.02. The van der Waals surface area contributed by atoms with Gasteiger partial charge < -0.3 is 19.3 Å². The van der Waals surface area contributed by atoms with Crippen LogP contribution in [0.3, 0.4) is 0 Å². The maximum Gasteiger partial charge on any atom is 0.307 e. The highest BCUT2D eigenvalue weighted by Gasteiger charge is 2.24. The number of carbonyl (C=O) groups excluding carboxylic acids is 4. The maximum absolute atomic E-state index is 10.6. The summed E-state index contributed by atoms with van der Waals surface area (Å²) in [5, 5.41) is 8.06. The van der Waals surface area contributed by atoms with Crippen LogP contribution in [0.25, 0.3) is 0 Å². The Balaban J connectivity index is 0.000000454. The molecule has 3 fully saturated rings. The molecule has 9 heteroatoms. The zero-order valence-corrected chi connectivity index (χ0v) is 21.7. The summed E-state index contributed by atoms with van der Waals surface area (Å²) in [5.41, 5.74) is 0. The molecule has 3 atom stereocenters. The number of rotatable bonds is 6. The molecule has 0 saturated carbocycles. The van der Waals surface area contributed by atoms with E-state index in [1.807, 2.05) is 0 Å². The van der Waals surface area contributed by atoms with Crippen LogP contribution in [0.1, 0.15) is 72.6 Å². The van der Waals surface area contributed by atoms with E-state index in [0.717, 1.165) is 55.8 Å². The van der Waals surface area contributed by atoms with E-state index in [-0.39, 0.29) is 47.9 Å². The minimum Gasteiger partial charge on any atom is -0.488 e. The molecule has 0 bridgehead atoms. The Bertz CT molecular complexity index is 796. The quantitative estimate of drug-likeness (QED) is 0.520. The van der Waals surface area contributed by atoms with Gasteiger partial charge in [0.15, 0.2) is 41.4 Å². The first-order chi connectivity index (χ1) is 16.7. The third-order valence-corrected chi connectivity index (χ3v) is 4.99. The molecular weight excluding hydrogens is 468 g/mol. The molecule has 3 aliphatic rings. The standard InChI is InChI=1S/3C7H10O2.C6H8O3/c3*1-5-3-4-7(9-5)6(2)8;1-5(7)3-2-4-6(8)9/h3*7H,1,3-4H2,2H3;2-3H,4H2,1H3,(H,8,9)/b;;;3-2+/t2*7-;;/m10../s1. The van der Waals surface area contributed by atoms with Gasteiger partial charge >= 0.3 is 5.97 Å². The monoisotopic (exact) mass is 506 g/mol. The Morgan fingerprint density at radius 1 is 0.722 bits per heavy atom. The first-order valence-corrected chi connectivity index (χ1v) is 11.7. The van der Waals surface area contributed by atoms with Crippen molar-refractivity contribution in [1.29, 1.82) is 0 Å². The van der Waals surface area contributed by atoms with Gasteiger partial charge in [0, 0.05) is 19.3 Å². The van der Waals surface area contributed by atoms with E-state index < -0.39 is 5.97 Å². The lowest BCUT2D eigenvalue weighted by Crippen LogP contribution is -2.14. The van der Waals surface area contributed by atoms with Crippen molar-refractivity contribution in [3.8, 4) is 0 Å². The van der Waals surface area contributed by atoms with Crippen molar-refractivity contribution in [2.75, 3.05) is 0 Å². The Morgan fingerprint density at radius 2 is 1.03 bits per heavy atom. The Morgan fingerprint density at radius 3 is 1.17 bits per heavy atom. The van der Waals surface area contributed by atoms with Gasteiger partial charge in [-0.3, -0.25) is 24.0 Å². The van der Waals surface area contributed by atoms with Crippen molar-refractivity contribution in [2.45, 2.75) is 91.0 Å². The number of ether oxygens (including phenoxy) is 3. The van der Waals surface area contributed by atoms with Crippen LogP contribution in [-0.4, -0.2) is 52.5 Å². The highest BCUT2D eigenvalue weighted by molar-refractivity contribution is 5.87. The van der Waals surface area contributed by atoms with E-state index in [9.17, 15) is 24.0 Å². The molecular formula is C27H38O9. The largest absolute Gasteiger partial charge is 0.488 e. The number of carboxylic acids is 1. The topological polar surface area (TPSA) is 133 Å². The summed E-state index contributed by atoms with van der Waals surface area (Å²) in [4.78, 5) is 51.8. The summed E-state index contributed by atoms with van der Waals surface area (Å²) in [6, 6.07) is 0. The predicted molar refractivity (Wildman–Crippen MR) is 134 cm³/mol. The van der Waals surface area contributed by atoms with E-state index in [1.54, 1.807) is 20.8 Å². The number of hydrogen-bond donors (Lipinski definition) is 1. The number of Topliss-reactive ketones (excluding diaryl/α,β-unsaturated/α-hetero) is 3. The van der Waals surface area contributed by atoms with Crippen LogP contribution in [-0.2, 0) is 38.2 Å². The van der Waals surface area contributed by atoms with Crippen molar-refractivity contribution >= 4 is 29.1 Å². The maximum atomic E-state index is 10.6. The molecule has 0 amide bonds. The number of hydrogen-bond acceptors (Lipinski definition) is 8. The van der Waals surface area contributed by atoms with E-state index in [2.05, 4.69) is 19.7 Å². The summed E-state index contributed by atoms with van der Waals surface area (Å²) in [6.45, 7) is 16.8. The lowest BCUT2D eigenvalue weighted by atomic mass is 10.2. The first-order valence-electron chi connectivity index (χ1n) is 11.7. The van der Waals surface area contributed by atoms with E-state index in [4.69, 9.17) is 19.3 Å². The average Bonchev–Trinajstić information content (AvgIpc) is 3.50. The second-order valence-corrected chi connectivity index (χ2v) is 8.49. The molecule has 0 aromatic heterocycles. The summed E-state index contributed by atoms with van der Waals surface area (Å²) < 4.78 is 15.2. The van der Waals surface area contributed by atoms with Crippen molar-refractivity contribution in [1.82, 2.24) is 0 Å². The lowest BCUT2D eigenvalue weighted by molar-refractivity contribution is -0.136. The molecule has 1 unspecified atom stereocenters. The van der Waals surface area contributed by atoms with E-state index in [0.29, 0.717) is 0 Å². The number of ketones is 4. The summed E-state index contributed by atoms with van der Waals surface area (Å²) >= 11 is 0. The lowest BCUT2D eigenvalue weighted by Gasteiger charge is -2.03. The highest BCUT2D eigenvalue weighted by atomic mass is 16.5. The summed E-state index contributed by atoms with van der Waals surface area (Å²) in [5.74, 6) is 1.50. The van der Waals surface area contributed by atoms with Gasteiger partial charge in [0.1, 0.15) is 0 Å². The molecule has 3 aliphatic heterocycles. The van der Waals surface area contributed by atoms with Gasteiger partial charge in [-0.25, -0.2) is 0 Å². The van der Waals surface area contributed by atoms with Gasteiger partial charge in [-0.2, -0.15) is 0 Å². The molecule has 36 heavy (non-hydrogen) atoms. The Kier molecular flexibility index (Phi) is 15.4. The number of aliphatic carboxylic acids is 1. The van der Waals surface area contributed by atoms with E-state index in [1.165, 1.54) is 19.1 Å². The SMILES string of the molecule is C=C1CCC(C(C)=O)O1.C=C1CC[C@@H](C(C)=O)O1.C=C1CC[C@H](C(C)=O)O1.CC(=O)/C=C/CC(=O)O. The van der Waals surface area contributed by atoms with E-state index >= 15 is 0 Å². The van der Waals surface area contributed by atoms with Crippen LogP contribution < -0.4 is 0 Å². The van der Waals surface area contributed by atoms with Crippen LogP contribution in [0.4, 0.5) is 0 Å². The zero-order valence-electron chi connectivity index (χ0n) is 21.7. The molecule has 0 aliphatic carbocycles. The minimum atomic E-state index is -0.924. The highest BCUT2D eigenvalue weighted by Crippen LogP contribution is 2.22. The molecule has 3 heterocycles. The van der Waals surface area contributed by atoms with Crippen LogP contribution in [0.2, 0.25) is 0 Å². The van der Waals surface area contributed by atoms with Gasteiger partial charge in [-0.1, -0.05) is 25.8 Å². The molecule has 3 saturated heterocycles. The zero-order chi connectivity index (χ0) is 27.8. The van der Waals surface area contributed by atoms with Gasteiger partial charge in [-0.15, -0.1) is 0 Å². The van der Waals surface area contributed by atoms with Gasteiger partial charge in [0.25, 0.3) is 0 Å². The third-order valence-electron chi connectivity index (χ3n) is 4.99. The number of carbonyl (C=O) groups is 5. The fraction of sp³-hybridized carbons (Fsp3) is 0.519. The van der Waals surface area contributed by atoms with Crippen molar-refractivity contribution in [3.63, 3.8) is 0 Å². The van der Waals surface area contributed by atoms with Gasteiger partial charge in [0.05, 0.1) is 23.7 Å². The second-order valence-electron chi connectivity index (χ2n) is 8.49. The molecule has 200 valence electrons. The number of allylic oxidation sites excluding steroid dienone is 4. The predicted octanol–water partition coefficient (Wildman–Crippen LogP) is 4.41. The second kappa shape index (κ2) is 17.0. The summed E-state index contributed by atoms with van der Waals surface area (Å²) in [6.07, 6.45) is 6.85. The van der Waals surface area contributed by atoms with Crippen LogP contribution in [0.5, 0.6) is 0 Å². The summed E-state index contributed by atoms with van der Waals surface area (Å²) in [7, 11) is 0. The van der Waals surface area contributed by atoms with Crippen molar-refractivity contribution in [2.24, 2.45) is 0 Å². The third kappa shape index (κ3) is 15.4. The normalized spacial score (nSPS) is 21.9. The minimum absolute atomic E-state index is 0.0837. The molecule has 0 radical (unpaired) electrons. The van der Waals surface area contributed by atoms with Crippen LogP contribution >= 0.6 is 0 Å². The Labute approximate surface area is 212 Å². The Hall–Kier alpha value is -3.49. The number of carboxylic acid groups (broad SMARTS) is 1. The van der Waals surface area contributed by atoms with Crippen LogP contribution in [0.15, 0.2) is 49.2 Å². The molecule has 3 rings (SSSR count). The molecule has 9 nitrogen and oxygen atoms in total. The molecule has 0 aromatic rings. The molecule has 0 aromatic carbocycles. The fourth-order valence-electron chi connectivity index (χ4n) is 3.02. The molecule has 0 spiro atoms. The smallest absolute Gasteiger partial charge is 0.307 e. The van der Waals surface area contributed by atoms with Gasteiger partial charge in [-0.05, 0) is 53.0 Å². The van der Waals surface area contributed by atoms with Crippen molar-refractivity contribution < 1.29 is 43.3 Å². The van der Waals surface area contributed by atoms with Gasteiger partial charge in [0.2, 0.25) is 0 Å².